The molecule has 0 aromatic heterocycles. The van der Waals surface area contributed by atoms with Crippen LogP contribution in [0.2, 0.25) is 10.6 Å². The molecule has 0 N–H and O–H groups in total. The zero-order chi connectivity index (χ0) is 18.5. The van der Waals surface area contributed by atoms with Crippen molar-refractivity contribution in [1.29, 1.82) is 0 Å². The Bertz CT molecular complexity index is 693. The lowest BCUT2D eigenvalue weighted by Crippen LogP contribution is -2.68. The van der Waals surface area contributed by atoms with Gasteiger partial charge in [0.05, 0.1) is 0 Å². The number of hydrogen-bond acceptors (Lipinski definition) is 3. The zero-order valence-corrected chi connectivity index (χ0v) is 15.9. The molecule has 0 amide bonds. The average molecular weight is 353 g/mol. The molecule has 0 aliphatic heterocycles. The molecule has 4 heteroatoms. The molecule has 2 aromatic carbocycles. The van der Waals surface area contributed by atoms with Crippen LogP contribution in [-0.4, -0.2) is 26.4 Å². The van der Waals surface area contributed by atoms with Crippen LogP contribution in [0, 0.1) is 0 Å². The maximum Gasteiger partial charge on any atom is 0.196 e. The largest absolute Gasteiger partial charge is 0.303 e. The quantitative estimate of drug-likeness (QED) is 0.437. The van der Waals surface area contributed by atoms with Gasteiger partial charge in [0.15, 0.2) is 12.1 Å². The maximum absolute atomic E-state index is 12.6. The van der Waals surface area contributed by atoms with Crippen molar-refractivity contribution in [3.8, 4) is 0 Å². The first-order valence-corrected chi connectivity index (χ1v) is 10.5. The minimum absolute atomic E-state index is 0.0604. The second-order valence-corrected chi connectivity index (χ2v) is 12.2. The summed E-state index contributed by atoms with van der Waals surface area (Å²) in [6.07, 6.45) is 1.21. The summed E-state index contributed by atoms with van der Waals surface area (Å²) in [5.74, 6) is -0.485. The molecule has 1 atom stereocenters. The van der Waals surface area contributed by atoms with Crippen LogP contribution in [0.3, 0.4) is 0 Å². The van der Waals surface area contributed by atoms with Crippen LogP contribution in [0.5, 0.6) is 0 Å². The van der Waals surface area contributed by atoms with Crippen molar-refractivity contribution in [1.82, 2.24) is 0 Å². The van der Waals surface area contributed by atoms with Crippen LogP contribution in [0.15, 0.2) is 60.7 Å². The summed E-state index contributed by atoms with van der Waals surface area (Å²) in [6.45, 7) is 6.32. The number of ketones is 1. The second-order valence-electron chi connectivity index (χ2n) is 7.27. The summed E-state index contributed by atoms with van der Waals surface area (Å²) in [6, 6.07) is 19.8. The van der Waals surface area contributed by atoms with Crippen molar-refractivity contribution >= 4 is 36.8 Å². The van der Waals surface area contributed by atoms with Crippen LogP contribution in [0.1, 0.15) is 27.2 Å². The number of carbonyl (C=O) groups is 3. The summed E-state index contributed by atoms with van der Waals surface area (Å²) >= 11 is 0. The van der Waals surface area contributed by atoms with Crippen LogP contribution < -0.4 is 10.4 Å². The standard InChI is InChI=1S/C21H24O3Si/c1-21(2,3)25(17-10-6-4-7-11-17,18-12-8-5-9-13-18)20(14-15-22)19(24)16-23/h4-13,15-16,20H,14H2,1-3H3. The molecule has 0 bridgehead atoms. The Balaban J connectivity index is 2.92. The SMILES string of the molecule is CC(C)(C)[Si](c1ccccc1)(c1ccccc1)C(CC=O)C(=O)C=O. The van der Waals surface area contributed by atoms with Gasteiger partial charge in [0.1, 0.15) is 14.4 Å². The second kappa shape index (κ2) is 7.70. The Hall–Kier alpha value is -2.33. The number of Topliss-reactive ketones (excluding diaryl/α,β-unsaturated/α-hetero) is 1. The fourth-order valence-electron chi connectivity index (χ4n) is 4.04. The van der Waals surface area contributed by atoms with Crippen molar-refractivity contribution < 1.29 is 14.4 Å². The first kappa shape index (κ1) is 19.0. The normalized spacial score (nSPS) is 13.1. The molecule has 0 saturated carbocycles. The Kier molecular flexibility index (Phi) is 5.85. The summed E-state index contributed by atoms with van der Waals surface area (Å²) in [5, 5.41) is 1.86. The van der Waals surface area contributed by atoms with E-state index < -0.39 is 19.4 Å². The first-order chi connectivity index (χ1) is 11.9. The van der Waals surface area contributed by atoms with E-state index in [4.69, 9.17) is 0 Å². The summed E-state index contributed by atoms with van der Waals surface area (Å²) < 4.78 is 0. The topological polar surface area (TPSA) is 51.2 Å². The average Bonchev–Trinajstić information content (AvgIpc) is 2.61. The highest BCUT2D eigenvalue weighted by atomic mass is 28.3. The van der Waals surface area contributed by atoms with Crippen molar-refractivity contribution in [3.05, 3.63) is 60.7 Å². The molecule has 0 fully saturated rings. The van der Waals surface area contributed by atoms with E-state index in [-0.39, 0.29) is 11.5 Å². The van der Waals surface area contributed by atoms with Gasteiger partial charge in [-0.2, -0.15) is 0 Å². The van der Waals surface area contributed by atoms with Crippen LogP contribution >= 0.6 is 0 Å². The van der Waals surface area contributed by atoms with E-state index in [2.05, 4.69) is 20.8 Å². The van der Waals surface area contributed by atoms with Crippen molar-refractivity contribution in [2.45, 2.75) is 37.8 Å². The molecule has 1 unspecified atom stereocenters. The third kappa shape index (κ3) is 3.40. The Labute approximate surface area is 150 Å². The molecule has 25 heavy (non-hydrogen) atoms. The highest BCUT2D eigenvalue weighted by molar-refractivity contribution is 7.07. The van der Waals surface area contributed by atoms with Gasteiger partial charge in [0.25, 0.3) is 0 Å². The van der Waals surface area contributed by atoms with Gasteiger partial charge in [-0.1, -0.05) is 91.8 Å². The van der Waals surface area contributed by atoms with E-state index in [1.807, 2.05) is 60.7 Å². The van der Waals surface area contributed by atoms with Crippen LogP contribution in [0.25, 0.3) is 0 Å². The van der Waals surface area contributed by atoms with E-state index >= 15 is 0 Å². The van der Waals surface area contributed by atoms with Gasteiger partial charge in [0, 0.05) is 12.0 Å². The van der Waals surface area contributed by atoms with Gasteiger partial charge < -0.3 is 4.79 Å². The van der Waals surface area contributed by atoms with Gasteiger partial charge in [-0.05, 0) is 5.04 Å². The summed E-state index contributed by atoms with van der Waals surface area (Å²) in [5.41, 5.74) is -0.618. The molecule has 0 saturated heterocycles. The van der Waals surface area contributed by atoms with E-state index in [9.17, 15) is 14.4 Å². The maximum atomic E-state index is 12.6. The van der Waals surface area contributed by atoms with E-state index in [1.54, 1.807) is 0 Å². The van der Waals surface area contributed by atoms with E-state index in [1.165, 1.54) is 0 Å². The predicted octanol–water partition coefficient (Wildman–Crippen LogP) is 2.78. The lowest BCUT2D eigenvalue weighted by Gasteiger charge is -2.47. The molecular formula is C21H24O3Si. The Morgan fingerprint density at radius 1 is 0.920 bits per heavy atom. The third-order valence-corrected chi connectivity index (χ3v) is 11.4. The minimum atomic E-state index is -2.80. The van der Waals surface area contributed by atoms with Crippen LogP contribution in [-0.2, 0) is 14.4 Å². The molecule has 2 aromatic rings. The summed E-state index contributed by atoms with van der Waals surface area (Å²) in [4.78, 5) is 35.5. The van der Waals surface area contributed by atoms with Gasteiger partial charge in [-0.15, -0.1) is 0 Å². The van der Waals surface area contributed by atoms with E-state index in [0.717, 1.165) is 16.7 Å². The number of rotatable bonds is 7. The summed E-state index contributed by atoms with van der Waals surface area (Å²) in [7, 11) is -2.80. The highest BCUT2D eigenvalue weighted by Gasteiger charge is 2.55. The molecule has 0 heterocycles. The fourth-order valence-corrected chi connectivity index (χ4v) is 10.3. The number of hydrogen-bond donors (Lipinski definition) is 0. The van der Waals surface area contributed by atoms with Crippen LogP contribution in [0.4, 0.5) is 0 Å². The van der Waals surface area contributed by atoms with Gasteiger partial charge in [-0.3, -0.25) is 9.59 Å². The van der Waals surface area contributed by atoms with Gasteiger partial charge in [-0.25, -0.2) is 0 Å². The Morgan fingerprint density at radius 3 is 1.68 bits per heavy atom. The highest BCUT2D eigenvalue weighted by Crippen LogP contribution is 2.44. The number of aldehydes is 2. The lowest BCUT2D eigenvalue weighted by atomic mass is 10.2. The van der Waals surface area contributed by atoms with Crippen molar-refractivity contribution in [3.63, 3.8) is 0 Å². The predicted molar refractivity (Wildman–Crippen MR) is 103 cm³/mol. The molecule has 0 radical (unpaired) electrons. The molecule has 0 aliphatic rings. The number of carbonyl (C=O) groups excluding carboxylic acids is 3. The lowest BCUT2D eigenvalue weighted by molar-refractivity contribution is -0.130. The van der Waals surface area contributed by atoms with E-state index in [0.29, 0.717) is 6.29 Å². The monoisotopic (exact) mass is 352 g/mol. The third-order valence-electron chi connectivity index (χ3n) is 4.96. The van der Waals surface area contributed by atoms with Gasteiger partial charge >= 0.3 is 0 Å². The molecule has 2 rings (SSSR count). The molecule has 0 aliphatic carbocycles. The Morgan fingerprint density at radius 2 is 1.36 bits per heavy atom. The fraction of sp³-hybridized carbons (Fsp3) is 0.286. The molecular weight excluding hydrogens is 328 g/mol. The van der Waals surface area contributed by atoms with Gasteiger partial charge in [0.2, 0.25) is 0 Å². The molecule has 0 spiro atoms. The van der Waals surface area contributed by atoms with Crippen molar-refractivity contribution in [2.24, 2.45) is 0 Å². The first-order valence-electron chi connectivity index (χ1n) is 8.43. The number of benzene rings is 2. The smallest absolute Gasteiger partial charge is 0.196 e. The molecule has 3 nitrogen and oxygen atoms in total. The van der Waals surface area contributed by atoms with Crippen molar-refractivity contribution in [2.75, 3.05) is 0 Å². The zero-order valence-electron chi connectivity index (χ0n) is 14.9. The minimum Gasteiger partial charge on any atom is -0.303 e. The molecule has 130 valence electrons.